The van der Waals surface area contributed by atoms with E-state index in [1.54, 1.807) is 23.3 Å². The molecule has 0 amide bonds. The van der Waals surface area contributed by atoms with Gasteiger partial charge < -0.3 is 9.47 Å². The quantitative estimate of drug-likeness (QED) is 0.0933. The number of hydrogen-bond donors (Lipinski definition) is 1. The highest BCUT2D eigenvalue weighted by Crippen LogP contribution is 2.34. The normalized spacial score (nSPS) is 11.3. The molecule has 0 aliphatic carbocycles. The van der Waals surface area contributed by atoms with Crippen LogP contribution in [-0.2, 0) is 20.7 Å². The molecule has 0 saturated carbocycles. The van der Waals surface area contributed by atoms with Crippen LogP contribution in [0.25, 0.3) is 16.0 Å². The van der Waals surface area contributed by atoms with Crippen molar-refractivity contribution < 1.29 is 14.3 Å². The lowest BCUT2D eigenvalue weighted by atomic mass is 9.96. The van der Waals surface area contributed by atoms with Crippen molar-refractivity contribution in [3.05, 3.63) is 70.6 Å². The monoisotopic (exact) mass is 557 g/mol. The number of allylic oxidation sites excluding steroid dienone is 5. The number of carbonyl (C=O) groups excluding carboxylic acids is 1. The summed E-state index contributed by atoms with van der Waals surface area (Å²) in [6.45, 7) is 12.7. The van der Waals surface area contributed by atoms with Crippen LogP contribution in [0.2, 0.25) is 0 Å². The first-order chi connectivity index (χ1) is 18.3. The zero-order valence-electron chi connectivity index (χ0n) is 24.0. The van der Waals surface area contributed by atoms with Crippen LogP contribution in [0.4, 0.5) is 0 Å². The fraction of sp³-hybridized carbons (Fsp3) is 0.433. The van der Waals surface area contributed by atoms with Crippen molar-refractivity contribution in [2.24, 2.45) is 0 Å². The fourth-order valence-electron chi connectivity index (χ4n) is 3.13. The third-order valence-electron chi connectivity index (χ3n) is 4.85. The molecule has 1 heterocycles. The lowest BCUT2D eigenvalue weighted by Gasteiger charge is -2.10. The van der Waals surface area contributed by atoms with E-state index < -0.39 is 0 Å². The molecule has 2 rings (SSSR count). The highest BCUT2D eigenvalue weighted by Gasteiger charge is 2.13. The highest BCUT2D eigenvalue weighted by atomic mass is 32.2. The van der Waals surface area contributed by atoms with Crippen molar-refractivity contribution in [1.82, 2.24) is 9.71 Å². The van der Waals surface area contributed by atoms with Crippen LogP contribution in [0.1, 0.15) is 63.6 Å². The number of aryl methyl sites for hydroxylation is 1. The van der Waals surface area contributed by atoms with E-state index in [1.807, 2.05) is 52.2 Å². The molecule has 0 aliphatic rings. The van der Waals surface area contributed by atoms with Crippen molar-refractivity contribution in [3.63, 3.8) is 0 Å². The molecule has 6 nitrogen and oxygen atoms in total. The van der Waals surface area contributed by atoms with Crippen molar-refractivity contribution in [1.29, 1.82) is 5.26 Å². The van der Waals surface area contributed by atoms with E-state index in [2.05, 4.69) is 59.5 Å². The van der Waals surface area contributed by atoms with E-state index in [0.717, 1.165) is 27.6 Å². The van der Waals surface area contributed by atoms with Gasteiger partial charge >= 0.3 is 0 Å². The maximum atomic E-state index is 9.45. The van der Waals surface area contributed by atoms with Crippen LogP contribution in [0.15, 0.2) is 54.5 Å². The van der Waals surface area contributed by atoms with Gasteiger partial charge in [0.05, 0.1) is 23.7 Å². The molecule has 0 saturated heterocycles. The summed E-state index contributed by atoms with van der Waals surface area (Å²) in [6, 6.07) is 8.68. The summed E-state index contributed by atoms with van der Waals surface area (Å²) in [5.74, 6) is 1.15. The first-order valence-corrected chi connectivity index (χ1v) is 14.5. The number of aromatic nitrogens is 1. The summed E-state index contributed by atoms with van der Waals surface area (Å²) >= 11 is 3.37. The standard InChI is InChI=1S/C25H30N2OS.C3H9NS.C2H4O2/c1-6-8-12-22-19(5)11-9-13-23(22)24-16-27-25(29-24)21(10-7-2)14-20(15-26)17-28-18(3)4;1-3-5-4-2;1-4-2-3/h7,9-11,13-14,16-18H,6,8,12H2,1-5H3;4H,3H2,1-2H3;2H,1H3/b10-7-,20-17-,21-14+;;. The van der Waals surface area contributed by atoms with Gasteiger partial charge in [-0.3, -0.25) is 9.52 Å². The smallest absolute Gasteiger partial charge is 0.292 e. The minimum absolute atomic E-state index is 0.0336. The molecule has 1 aromatic heterocycles. The average molecular weight is 558 g/mol. The fourth-order valence-corrected chi connectivity index (χ4v) is 4.38. The molecule has 208 valence electrons. The summed E-state index contributed by atoms with van der Waals surface area (Å²) < 4.78 is 12.3. The average Bonchev–Trinajstić information content (AvgIpc) is 3.40. The van der Waals surface area contributed by atoms with Gasteiger partial charge in [-0.15, -0.1) is 11.3 Å². The van der Waals surface area contributed by atoms with Gasteiger partial charge in [0.15, 0.2) is 0 Å². The molecule has 0 aliphatic heterocycles. The molecule has 0 bridgehead atoms. The van der Waals surface area contributed by atoms with Gasteiger partial charge in [-0.25, -0.2) is 4.98 Å². The van der Waals surface area contributed by atoms with Crippen LogP contribution in [0, 0.1) is 18.3 Å². The predicted molar refractivity (Wildman–Crippen MR) is 164 cm³/mol. The molecule has 0 spiro atoms. The number of hydrogen-bond acceptors (Lipinski definition) is 8. The second kappa shape index (κ2) is 22.2. The Morgan fingerprint density at radius 1 is 1.32 bits per heavy atom. The van der Waals surface area contributed by atoms with Crippen LogP contribution in [0.3, 0.4) is 0 Å². The molecule has 1 N–H and O–H groups in total. The Morgan fingerprint density at radius 2 is 2.03 bits per heavy atom. The van der Waals surface area contributed by atoms with Gasteiger partial charge in [0, 0.05) is 17.5 Å². The van der Waals surface area contributed by atoms with Gasteiger partial charge in [0.1, 0.15) is 17.3 Å². The van der Waals surface area contributed by atoms with Gasteiger partial charge in [-0.05, 0) is 70.4 Å². The van der Waals surface area contributed by atoms with E-state index >= 15 is 0 Å². The Labute approximate surface area is 238 Å². The number of benzene rings is 1. The molecule has 8 heteroatoms. The minimum Gasteiger partial charge on any atom is -0.497 e. The molecular weight excluding hydrogens is 514 g/mol. The van der Waals surface area contributed by atoms with Gasteiger partial charge in [-0.2, -0.15) is 5.26 Å². The zero-order valence-corrected chi connectivity index (χ0v) is 25.7. The van der Waals surface area contributed by atoms with Crippen LogP contribution in [-0.4, -0.2) is 37.5 Å². The van der Waals surface area contributed by atoms with Crippen molar-refractivity contribution >= 4 is 35.3 Å². The molecular formula is C30H43N3O3S2. The zero-order chi connectivity index (χ0) is 28.8. The Hall–Kier alpha value is -2.86. The topological polar surface area (TPSA) is 84.2 Å². The number of thiazole rings is 1. The summed E-state index contributed by atoms with van der Waals surface area (Å²) in [5.41, 5.74) is 5.38. The summed E-state index contributed by atoms with van der Waals surface area (Å²) in [4.78, 5) is 14.8. The number of methoxy groups -OCH3 is 1. The molecule has 2 aromatic rings. The number of rotatable bonds is 12. The molecule has 0 unspecified atom stereocenters. The van der Waals surface area contributed by atoms with E-state index in [1.165, 1.54) is 42.9 Å². The van der Waals surface area contributed by atoms with Gasteiger partial charge in [0.25, 0.3) is 6.47 Å². The number of nitriles is 1. The van der Waals surface area contributed by atoms with Crippen molar-refractivity contribution in [2.45, 2.75) is 66.9 Å². The summed E-state index contributed by atoms with van der Waals surface area (Å²) in [5, 5.41) is 10.3. The molecule has 1 aromatic carbocycles. The van der Waals surface area contributed by atoms with Crippen molar-refractivity contribution in [3.8, 4) is 16.5 Å². The Kier molecular flexibility index (Phi) is 20.5. The largest absolute Gasteiger partial charge is 0.497 e. The summed E-state index contributed by atoms with van der Waals surface area (Å²) in [6.07, 6.45) is 12.7. The number of carbonyl (C=O) groups is 1. The number of nitrogens with one attached hydrogen (secondary N) is 1. The molecule has 0 fully saturated rings. The van der Waals surface area contributed by atoms with Gasteiger partial charge in [-0.1, -0.05) is 62.6 Å². The SMILES string of the molecule is CCSNC.COC=O.C\C=C/C(=C\C(C#N)=C\OC(C)C)c1ncc(-c2cccc(C)c2CCCC)s1. The van der Waals surface area contributed by atoms with Crippen molar-refractivity contribution in [2.75, 3.05) is 19.9 Å². The molecule has 38 heavy (non-hydrogen) atoms. The number of unbranched alkanes of at least 4 members (excludes halogenated alkanes) is 1. The van der Waals surface area contributed by atoms with Crippen LogP contribution < -0.4 is 4.72 Å². The second-order valence-corrected chi connectivity index (χ2v) is 10.5. The molecule has 0 atom stereocenters. The van der Waals surface area contributed by atoms with Crippen LogP contribution in [0.5, 0.6) is 0 Å². The maximum Gasteiger partial charge on any atom is 0.292 e. The van der Waals surface area contributed by atoms with E-state index in [-0.39, 0.29) is 6.10 Å². The Balaban J connectivity index is 0.00000131. The Bertz CT molecular complexity index is 1060. The number of nitrogens with zero attached hydrogens (tertiary/aromatic N) is 2. The third kappa shape index (κ3) is 14.2. The highest BCUT2D eigenvalue weighted by molar-refractivity contribution is 7.97. The van der Waals surface area contributed by atoms with E-state index in [4.69, 9.17) is 9.53 Å². The first kappa shape index (κ1) is 35.1. The summed E-state index contributed by atoms with van der Waals surface area (Å²) in [7, 11) is 3.24. The lowest BCUT2D eigenvalue weighted by Crippen LogP contribution is -1.96. The first-order valence-electron chi connectivity index (χ1n) is 12.7. The molecule has 0 radical (unpaired) electrons. The van der Waals surface area contributed by atoms with Gasteiger partial charge in [0.2, 0.25) is 0 Å². The lowest BCUT2D eigenvalue weighted by molar-refractivity contribution is -0.126. The van der Waals surface area contributed by atoms with E-state index in [0.29, 0.717) is 12.0 Å². The van der Waals surface area contributed by atoms with E-state index in [9.17, 15) is 5.26 Å². The maximum absolute atomic E-state index is 9.45. The third-order valence-corrected chi connectivity index (χ3v) is 6.50. The number of ether oxygens (including phenoxy) is 2. The second-order valence-electron chi connectivity index (χ2n) is 8.17. The predicted octanol–water partition coefficient (Wildman–Crippen LogP) is 7.92. The van der Waals surface area contributed by atoms with Crippen LogP contribution >= 0.6 is 23.3 Å². The Morgan fingerprint density at radius 3 is 2.53 bits per heavy atom. The minimum atomic E-state index is 0.0336.